The topological polar surface area (TPSA) is 26.0 Å². The second-order valence-electron chi connectivity index (χ2n) is 6.16. The Morgan fingerprint density at radius 1 is 1.06 bits per heavy atom. The molecule has 1 fully saturated rings. The molecule has 88 valence electrons. The van der Waals surface area contributed by atoms with E-state index in [-0.39, 0.29) is 11.0 Å². The molecule has 2 rings (SSSR count). The Bertz CT molecular complexity index is 367. The van der Waals surface area contributed by atoms with Gasteiger partial charge in [0.2, 0.25) is 0 Å². The van der Waals surface area contributed by atoms with Gasteiger partial charge >= 0.3 is 0 Å². The van der Waals surface area contributed by atoms with E-state index < -0.39 is 0 Å². The van der Waals surface area contributed by atoms with Crippen molar-refractivity contribution < 1.29 is 0 Å². The first-order chi connectivity index (χ1) is 7.43. The normalized spacial score (nSPS) is 20.0. The zero-order chi connectivity index (χ0) is 11.8. The van der Waals surface area contributed by atoms with Crippen LogP contribution in [0.1, 0.15) is 57.6 Å². The number of hydrogen-bond donors (Lipinski definition) is 1. The van der Waals surface area contributed by atoms with Crippen LogP contribution in [0, 0.1) is 0 Å². The van der Waals surface area contributed by atoms with Crippen molar-refractivity contribution in [3.05, 3.63) is 35.4 Å². The first-order valence-electron chi connectivity index (χ1n) is 6.32. The van der Waals surface area contributed by atoms with E-state index >= 15 is 0 Å². The van der Waals surface area contributed by atoms with Crippen LogP contribution in [-0.2, 0) is 11.0 Å². The fourth-order valence-corrected chi connectivity index (χ4v) is 2.85. The summed E-state index contributed by atoms with van der Waals surface area (Å²) in [5.41, 5.74) is 9.49. The van der Waals surface area contributed by atoms with Crippen molar-refractivity contribution in [2.75, 3.05) is 0 Å². The van der Waals surface area contributed by atoms with Gasteiger partial charge in [0.1, 0.15) is 0 Å². The molecule has 0 radical (unpaired) electrons. The third kappa shape index (κ3) is 2.01. The van der Waals surface area contributed by atoms with Crippen LogP contribution in [0.4, 0.5) is 0 Å². The highest BCUT2D eigenvalue weighted by Gasteiger charge is 2.34. The number of benzene rings is 1. The van der Waals surface area contributed by atoms with Gasteiger partial charge in [-0.15, -0.1) is 0 Å². The maximum absolute atomic E-state index is 6.58. The van der Waals surface area contributed by atoms with E-state index in [1.165, 1.54) is 24.0 Å². The van der Waals surface area contributed by atoms with Crippen LogP contribution in [-0.4, -0.2) is 0 Å². The molecule has 1 heteroatoms. The highest BCUT2D eigenvalue weighted by molar-refractivity contribution is 5.38. The highest BCUT2D eigenvalue weighted by Crippen LogP contribution is 2.40. The van der Waals surface area contributed by atoms with E-state index in [4.69, 9.17) is 5.73 Å². The van der Waals surface area contributed by atoms with Crippen molar-refractivity contribution in [1.29, 1.82) is 0 Å². The van der Waals surface area contributed by atoms with Gasteiger partial charge in [-0.05, 0) is 29.4 Å². The number of hydrogen-bond acceptors (Lipinski definition) is 1. The van der Waals surface area contributed by atoms with Crippen LogP contribution in [0.3, 0.4) is 0 Å². The number of nitrogens with two attached hydrogens (primary N) is 1. The molecule has 0 saturated heterocycles. The van der Waals surface area contributed by atoms with Crippen molar-refractivity contribution in [2.45, 2.75) is 57.4 Å². The van der Waals surface area contributed by atoms with Gasteiger partial charge in [-0.3, -0.25) is 0 Å². The summed E-state index contributed by atoms with van der Waals surface area (Å²) >= 11 is 0. The van der Waals surface area contributed by atoms with Crippen LogP contribution in [0.2, 0.25) is 0 Å². The maximum atomic E-state index is 6.58. The van der Waals surface area contributed by atoms with E-state index in [2.05, 4.69) is 45.0 Å². The predicted molar refractivity (Wildman–Crippen MR) is 69.5 cm³/mol. The standard InChI is InChI=1S/C15H23N/c1-14(2,3)12-8-4-5-9-13(12)15(16)10-6-7-11-15/h4-5,8-9H,6-7,10-11,16H2,1-3H3. The number of rotatable bonds is 1. The van der Waals surface area contributed by atoms with Crippen LogP contribution in [0.5, 0.6) is 0 Å². The Hall–Kier alpha value is -0.820. The minimum atomic E-state index is -0.0656. The molecule has 1 nitrogen and oxygen atoms in total. The van der Waals surface area contributed by atoms with Gasteiger partial charge in [0.05, 0.1) is 0 Å². The van der Waals surface area contributed by atoms with Gasteiger partial charge in [-0.2, -0.15) is 0 Å². The zero-order valence-corrected chi connectivity index (χ0v) is 10.7. The predicted octanol–water partition coefficient (Wildman–Crippen LogP) is 3.71. The van der Waals surface area contributed by atoms with Gasteiger partial charge in [0.25, 0.3) is 0 Å². The molecule has 0 spiro atoms. The summed E-state index contributed by atoms with van der Waals surface area (Å²) in [4.78, 5) is 0. The van der Waals surface area contributed by atoms with Gasteiger partial charge in [-0.25, -0.2) is 0 Å². The Morgan fingerprint density at radius 3 is 2.19 bits per heavy atom. The van der Waals surface area contributed by atoms with Crippen molar-refractivity contribution in [1.82, 2.24) is 0 Å². The quantitative estimate of drug-likeness (QED) is 0.762. The van der Waals surface area contributed by atoms with Crippen molar-refractivity contribution >= 4 is 0 Å². The summed E-state index contributed by atoms with van der Waals surface area (Å²) in [5.74, 6) is 0. The summed E-state index contributed by atoms with van der Waals surface area (Å²) in [6.07, 6.45) is 4.82. The Balaban J connectivity index is 2.48. The first-order valence-corrected chi connectivity index (χ1v) is 6.32. The maximum Gasteiger partial charge on any atom is 0.0412 e. The largest absolute Gasteiger partial charge is 0.321 e. The lowest BCUT2D eigenvalue weighted by atomic mass is 9.76. The Kier molecular flexibility index (Phi) is 2.83. The molecule has 0 aliphatic heterocycles. The fraction of sp³-hybridized carbons (Fsp3) is 0.600. The minimum absolute atomic E-state index is 0.0656. The Labute approximate surface area is 99.0 Å². The molecule has 1 aromatic rings. The molecule has 0 amide bonds. The molecule has 0 bridgehead atoms. The summed E-state index contributed by atoms with van der Waals surface area (Å²) in [5, 5.41) is 0. The smallest absolute Gasteiger partial charge is 0.0412 e. The summed E-state index contributed by atoms with van der Waals surface area (Å²) in [6.45, 7) is 6.80. The van der Waals surface area contributed by atoms with Crippen LogP contribution >= 0.6 is 0 Å². The third-order valence-corrected chi connectivity index (χ3v) is 3.77. The van der Waals surface area contributed by atoms with Gasteiger partial charge in [0.15, 0.2) is 0 Å². The molecule has 0 aromatic heterocycles. The van der Waals surface area contributed by atoms with Crippen LogP contribution in [0.15, 0.2) is 24.3 Å². The summed E-state index contributed by atoms with van der Waals surface area (Å²) in [7, 11) is 0. The second kappa shape index (κ2) is 3.89. The lowest BCUT2D eigenvalue weighted by Gasteiger charge is -2.32. The molecule has 0 heterocycles. The lowest BCUT2D eigenvalue weighted by Crippen LogP contribution is -2.36. The average Bonchev–Trinajstić information content (AvgIpc) is 2.65. The molecular formula is C15H23N. The van der Waals surface area contributed by atoms with E-state index in [0.717, 1.165) is 12.8 Å². The molecule has 1 saturated carbocycles. The van der Waals surface area contributed by atoms with E-state index in [1.807, 2.05) is 0 Å². The van der Waals surface area contributed by atoms with Gasteiger partial charge in [-0.1, -0.05) is 57.9 Å². The molecule has 0 atom stereocenters. The molecular weight excluding hydrogens is 194 g/mol. The molecule has 16 heavy (non-hydrogen) atoms. The second-order valence-corrected chi connectivity index (χ2v) is 6.16. The van der Waals surface area contributed by atoms with Gasteiger partial charge < -0.3 is 5.73 Å². The fourth-order valence-electron chi connectivity index (χ4n) is 2.85. The van der Waals surface area contributed by atoms with Crippen molar-refractivity contribution in [2.24, 2.45) is 5.73 Å². The van der Waals surface area contributed by atoms with Crippen molar-refractivity contribution in [3.63, 3.8) is 0 Å². The monoisotopic (exact) mass is 217 g/mol. The van der Waals surface area contributed by atoms with Crippen LogP contribution in [0.25, 0.3) is 0 Å². The molecule has 2 N–H and O–H groups in total. The zero-order valence-electron chi connectivity index (χ0n) is 10.7. The van der Waals surface area contributed by atoms with E-state index in [0.29, 0.717) is 0 Å². The molecule has 1 aliphatic carbocycles. The Morgan fingerprint density at radius 2 is 1.62 bits per heavy atom. The van der Waals surface area contributed by atoms with E-state index in [1.54, 1.807) is 0 Å². The SMILES string of the molecule is CC(C)(C)c1ccccc1C1(N)CCCC1. The highest BCUT2D eigenvalue weighted by atomic mass is 14.8. The average molecular weight is 217 g/mol. The lowest BCUT2D eigenvalue weighted by molar-refractivity contribution is 0.443. The molecule has 1 aliphatic rings. The molecule has 0 unspecified atom stereocenters. The summed E-state index contributed by atoms with van der Waals surface area (Å²) < 4.78 is 0. The molecule has 1 aromatic carbocycles. The van der Waals surface area contributed by atoms with Gasteiger partial charge in [0, 0.05) is 5.54 Å². The minimum Gasteiger partial charge on any atom is -0.321 e. The third-order valence-electron chi connectivity index (χ3n) is 3.77. The summed E-state index contributed by atoms with van der Waals surface area (Å²) in [6, 6.07) is 8.72. The van der Waals surface area contributed by atoms with E-state index in [9.17, 15) is 0 Å². The first kappa shape index (κ1) is 11.7. The van der Waals surface area contributed by atoms with Crippen molar-refractivity contribution in [3.8, 4) is 0 Å². The van der Waals surface area contributed by atoms with Crippen LogP contribution < -0.4 is 5.73 Å².